The maximum absolute atomic E-state index is 5.53. The largest absolute Gasteiger partial charge is 0.381 e. The van der Waals surface area contributed by atoms with E-state index in [-0.39, 0.29) is 0 Å². The Labute approximate surface area is 139 Å². The summed E-state index contributed by atoms with van der Waals surface area (Å²) in [5.41, 5.74) is 3.89. The molecule has 1 atom stereocenters. The molecule has 0 aromatic carbocycles. The first-order valence-electron chi connectivity index (χ1n) is 9.21. The number of ether oxygens (including phenoxy) is 1. The molecule has 1 aromatic heterocycles. The van der Waals surface area contributed by atoms with Crippen LogP contribution in [0.4, 0.5) is 5.95 Å². The molecular weight excluding hydrogens is 288 g/mol. The molecule has 0 bridgehead atoms. The molecule has 0 radical (unpaired) electrons. The molecule has 0 amide bonds. The van der Waals surface area contributed by atoms with Crippen LogP contribution in [0.15, 0.2) is 0 Å². The standard InChI is InChI=1S/C18H28N4O/c1-14-16-4-9-21(12-15-6-11-23-13-15)10-5-17(16)20-18(19-14)22-7-2-3-8-22/h15H,2-13H2,1H3. The number of rotatable bonds is 3. The Morgan fingerprint density at radius 3 is 2.70 bits per heavy atom. The third-order valence-electron chi connectivity index (χ3n) is 5.56. The molecule has 0 aliphatic carbocycles. The summed E-state index contributed by atoms with van der Waals surface area (Å²) in [4.78, 5) is 14.7. The molecule has 2 saturated heterocycles. The Balaban J connectivity index is 1.47. The Morgan fingerprint density at radius 2 is 1.91 bits per heavy atom. The number of fused-ring (bicyclic) bond motifs is 1. The van der Waals surface area contributed by atoms with Crippen molar-refractivity contribution in [3.05, 3.63) is 17.0 Å². The van der Waals surface area contributed by atoms with E-state index in [9.17, 15) is 0 Å². The first-order valence-corrected chi connectivity index (χ1v) is 9.21. The second kappa shape index (κ2) is 6.73. The lowest BCUT2D eigenvalue weighted by atomic mass is 10.1. The summed E-state index contributed by atoms with van der Waals surface area (Å²) in [5, 5.41) is 0. The third kappa shape index (κ3) is 3.36. The second-order valence-electron chi connectivity index (χ2n) is 7.26. The van der Waals surface area contributed by atoms with E-state index >= 15 is 0 Å². The lowest BCUT2D eigenvalue weighted by Gasteiger charge is -2.22. The van der Waals surface area contributed by atoms with Crippen LogP contribution in [-0.2, 0) is 17.6 Å². The number of aryl methyl sites for hydroxylation is 1. The topological polar surface area (TPSA) is 41.5 Å². The van der Waals surface area contributed by atoms with E-state index in [2.05, 4.69) is 16.7 Å². The maximum atomic E-state index is 5.53. The first kappa shape index (κ1) is 15.3. The predicted octanol–water partition coefficient (Wildman–Crippen LogP) is 1.82. The number of aromatic nitrogens is 2. The van der Waals surface area contributed by atoms with Gasteiger partial charge >= 0.3 is 0 Å². The smallest absolute Gasteiger partial charge is 0.225 e. The highest BCUT2D eigenvalue weighted by molar-refractivity contribution is 5.38. The number of anilines is 1. The summed E-state index contributed by atoms with van der Waals surface area (Å²) < 4.78 is 5.53. The van der Waals surface area contributed by atoms with Gasteiger partial charge in [-0.3, -0.25) is 0 Å². The van der Waals surface area contributed by atoms with Crippen molar-refractivity contribution < 1.29 is 4.74 Å². The zero-order valence-electron chi connectivity index (χ0n) is 14.3. The van der Waals surface area contributed by atoms with Gasteiger partial charge in [-0.1, -0.05) is 0 Å². The van der Waals surface area contributed by atoms with E-state index in [4.69, 9.17) is 14.7 Å². The van der Waals surface area contributed by atoms with Gasteiger partial charge in [0.1, 0.15) is 0 Å². The zero-order valence-corrected chi connectivity index (χ0v) is 14.3. The zero-order chi connectivity index (χ0) is 15.6. The average molecular weight is 316 g/mol. The molecule has 0 saturated carbocycles. The van der Waals surface area contributed by atoms with Gasteiger partial charge in [-0.25, -0.2) is 9.97 Å². The van der Waals surface area contributed by atoms with Crippen LogP contribution in [0, 0.1) is 12.8 Å². The normalized spacial score (nSPS) is 25.6. The van der Waals surface area contributed by atoms with Gasteiger partial charge in [0.15, 0.2) is 0 Å². The highest BCUT2D eigenvalue weighted by Crippen LogP contribution is 2.23. The molecule has 23 heavy (non-hydrogen) atoms. The maximum Gasteiger partial charge on any atom is 0.225 e. The Hall–Kier alpha value is -1.20. The van der Waals surface area contributed by atoms with Crippen molar-refractivity contribution in [2.45, 2.75) is 39.0 Å². The molecule has 1 unspecified atom stereocenters. The van der Waals surface area contributed by atoms with Gasteiger partial charge in [0, 0.05) is 51.4 Å². The second-order valence-corrected chi connectivity index (χ2v) is 7.26. The molecule has 2 fully saturated rings. The minimum Gasteiger partial charge on any atom is -0.381 e. The molecule has 5 heteroatoms. The van der Waals surface area contributed by atoms with Crippen LogP contribution in [0.5, 0.6) is 0 Å². The van der Waals surface area contributed by atoms with E-state index < -0.39 is 0 Å². The summed E-state index contributed by atoms with van der Waals surface area (Å²) in [7, 11) is 0. The van der Waals surface area contributed by atoms with Crippen LogP contribution in [0.2, 0.25) is 0 Å². The van der Waals surface area contributed by atoms with E-state index in [1.54, 1.807) is 0 Å². The number of hydrogen-bond acceptors (Lipinski definition) is 5. The average Bonchev–Trinajstić information content (AvgIpc) is 3.21. The minimum absolute atomic E-state index is 0.726. The van der Waals surface area contributed by atoms with Crippen LogP contribution in [0.3, 0.4) is 0 Å². The molecule has 3 aliphatic rings. The number of hydrogen-bond donors (Lipinski definition) is 0. The monoisotopic (exact) mass is 316 g/mol. The van der Waals surface area contributed by atoms with Crippen LogP contribution in [0.1, 0.15) is 36.2 Å². The highest BCUT2D eigenvalue weighted by atomic mass is 16.5. The van der Waals surface area contributed by atoms with E-state index in [1.807, 2.05) is 0 Å². The van der Waals surface area contributed by atoms with Crippen molar-refractivity contribution in [3.63, 3.8) is 0 Å². The first-order chi connectivity index (χ1) is 11.3. The van der Waals surface area contributed by atoms with Crippen LogP contribution < -0.4 is 4.90 Å². The fourth-order valence-corrected chi connectivity index (χ4v) is 4.15. The van der Waals surface area contributed by atoms with E-state index in [0.29, 0.717) is 0 Å². The van der Waals surface area contributed by atoms with Crippen LogP contribution >= 0.6 is 0 Å². The fourth-order valence-electron chi connectivity index (χ4n) is 4.15. The van der Waals surface area contributed by atoms with Gasteiger partial charge < -0.3 is 14.5 Å². The molecular formula is C18H28N4O. The van der Waals surface area contributed by atoms with Crippen LogP contribution in [0.25, 0.3) is 0 Å². The molecule has 4 rings (SSSR count). The molecule has 3 aliphatic heterocycles. The van der Waals surface area contributed by atoms with Gasteiger partial charge in [0.2, 0.25) is 5.95 Å². The van der Waals surface area contributed by atoms with Gasteiger partial charge in [0.05, 0.1) is 12.3 Å². The lowest BCUT2D eigenvalue weighted by molar-refractivity contribution is 0.168. The van der Waals surface area contributed by atoms with Gasteiger partial charge in [0.25, 0.3) is 0 Å². The predicted molar refractivity (Wildman–Crippen MR) is 91.0 cm³/mol. The van der Waals surface area contributed by atoms with Crippen LogP contribution in [-0.4, -0.2) is 60.8 Å². The van der Waals surface area contributed by atoms with Gasteiger partial charge in [-0.2, -0.15) is 0 Å². The molecule has 5 nitrogen and oxygen atoms in total. The SMILES string of the molecule is Cc1nc(N2CCCC2)nc2c1CCN(CC1CCOC1)CC2. The summed E-state index contributed by atoms with van der Waals surface area (Å²) >= 11 is 0. The highest BCUT2D eigenvalue weighted by Gasteiger charge is 2.24. The van der Waals surface area contributed by atoms with Crippen molar-refractivity contribution in [3.8, 4) is 0 Å². The fraction of sp³-hybridized carbons (Fsp3) is 0.778. The minimum atomic E-state index is 0.726. The molecule has 126 valence electrons. The van der Waals surface area contributed by atoms with Crippen molar-refractivity contribution in [2.24, 2.45) is 5.92 Å². The lowest BCUT2D eigenvalue weighted by Crippen LogP contribution is -2.32. The summed E-state index contributed by atoms with van der Waals surface area (Å²) in [5.74, 6) is 1.69. The van der Waals surface area contributed by atoms with Crippen molar-refractivity contribution in [1.82, 2.24) is 14.9 Å². The molecule has 4 heterocycles. The summed E-state index contributed by atoms with van der Waals surface area (Å²) in [6.45, 7) is 9.73. The third-order valence-corrected chi connectivity index (χ3v) is 5.56. The van der Waals surface area contributed by atoms with Gasteiger partial charge in [-0.05, 0) is 44.1 Å². The summed E-state index contributed by atoms with van der Waals surface area (Å²) in [6.07, 6.45) is 5.93. The number of nitrogens with zero attached hydrogens (tertiary/aromatic N) is 4. The molecule has 0 spiro atoms. The summed E-state index contributed by atoms with van der Waals surface area (Å²) in [6, 6.07) is 0. The van der Waals surface area contributed by atoms with E-state index in [1.165, 1.54) is 42.8 Å². The molecule has 0 N–H and O–H groups in total. The van der Waals surface area contributed by atoms with Crippen molar-refractivity contribution in [2.75, 3.05) is 50.8 Å². The van der Waals surface area contributed by atoms with E-state index in [0.717, 1.165) is 64.1 Å². The Bertz CT molecular complexity index is 550. The van der Waals surface area contributed by atoms with Crippen molar-refractivity contribution in [1.29, 1.82) is 0 Å². The van der Waals surface area contributed by atoms with Crippen molar-refractivity contribution >= 4 is 5.95 Å². The Morgan fingerprint density at radius 1 is 1.09 bits per heavy atom. The molecule has 1 aromatic rings. The van der Waals surface area contributed by atoms with Gasteiger partial charge in [-0.15, -0.1) is 0 Å². The quantitative estimate of drug-likeness (QED) is 0.851. The Kier molecular flexibility index (Phi) is 4.49.